The van der Waals surface area contributed by atoms with E-state index in [1.807, 2.05) is 6.92 Å². The van der Waals surface area contributed by atoms with E-state index in [1.165, 1.54) is 0 Å². The maximum Gasteiger partial charge on any atom is 0.327 e. The van der Waals surface area contributed by atoms with Crippen LogP contribution in [0.3, 0.4) is 0 Å². The van der Waals surface area contributed by atoms with Gasteiger partial charge in [0, 0.05) is 26.6 Å². The number of aryl methyl sites for hydroxylation is 1. The number of carbonyl (C=O) groups excluding carboxylic acids is 3. The molecule has 2 aromatic rings. The molecule has 0 radical (unpaired) electrons. The Balaban J connectivity index is 1.76. The van der Waals surface area contributed by atoms with Gasteiger partial charge < -0.3 is 16.1 Å². The van der Waals surface area contributed by atoms with E-state index in [0.29, 0.717) is 16.4 Å². The molecule has 0 aliphatic carbocycles. The van der Waals surface area contributed by atoms with Crippen LogP contribution in [0.25, 0.3) is 0 Å². The maximum absolute atomic E-state index is 12.0. The molecule has 2 rings (SSSR count). The van der Waals surface area contributed by atoms with Crippen LogP contribution in [0.15, 0.2) is 59.2 Å². The molecule has 3 amide bonds. The van der Waals surface area contributed by atoms with Crippen LogP contribution < -0.4 is 21.5 Å². The summed E-state index contributed by atoms with van der Waals surface area (Å²) in [7, 11) is 0. The molecule has 28 heavy (non-hydrogen) atoms. The van der Waals surface area contributed by atoms with Gasteiger partial charge in [-0.3, -0.25) is 19.8 Å². The molecule has 0 aliphatic rings. The Bertz CT molecular complexity index is 916. The maximum atomic E-state index is 12.0. The second-order valence-corrected chi connectivity index (χ2v) is 7.16. The quantitative estimate of drug-likeness (QED) is 0.387. The summed E-state index contributed by atoms with van der Waals surface area (Å²) in [6.45, 7) is 5.47. The average Bonchev–Trinajstić information content (AvgIpc) is 2.64. The summed E-state index contributed by atoms with van der Waals surface area (Å²) >= 11 is 9.29. The Kier molecular flexibility index (Phi) is 7.60. The van der Waals surface area contributed by atoms with Gasteiger partial charge in [-0.05, 0) is 48.9 Å². The van der Waals surface area contributed by atoms with Crippen molar-refractivity contribution in [1.82, 2.24) is 10.9 Å². The second-order valence-electron chi connectivity index (χ2n) is 5.83. The summed E-state index contributed by atoms with van der Waals surface area (Å²) in [6, 6.07) is 12.0. The lowest BCUT2D eigenvalue weighted by Gasteiger charge is -2.12. The highest BCUT2D eigenvalue weighted by molar-refractivity contribution is 9.10. The van der Waals surface area contributed by atoms with Gasteiger partial charge in [-0.2, -0.15) is 0 Å². The molecule has 0 fully saturated rings. The van der Waals surface area contributed by atoms with Gasteiger partial charge in [-0.15, -0.1) is 0 Å². The number of amides is 3. The third-order valence-corrected chi connectivity index (χ3v) is 4.43. The normalized spacial score (nSPS) is 9.96. The van der Waals surface area contributed by atoms with Gasteiger partial charge in [0.05, 0.1) is 6.42 Å². The highest BCUT2D eigenvalue weighted by Gasteiger charge is 2.14. The Labute approximate surface area is 175 Å². The van der Waals surface area contributed by atoms with Gasteiger partial charge >= 0.3 is 11.8 Å². The molecule has 0 saturated heterocycles. The van der Waals surface area contributed by atoms with Crippen molar-refractivity contribution in [3.63, 3.8) is 0 Å². The van der Waals surface area contributed by atoms with Crippen LogP contribution in [-0.4, -0.2) is 17.7 Å². The third-order valence-electron chi connectivity index (χ3n) is 3.49. The molecule has 4 N–H and O–H groups in total. The van der Waals surface area contributed by atoms with E-state index in [2.05, 4.69) is 44.0 Å². The van der Waals surface area contributed by atoms with Crippen molar-refractivity contribution in [3.8, 4) is 0 Å². The number of anilines is 2. The smallest absolute Gasteiger partial charge is 0.326 e. The van der Waals surface area contributed by atoms with Crippen molar-refractivity contribution >= 4 is 56.6 Å². The van der Waals surface area contributed by atoms with Crippen molar-refractivity contribution in [2.24, 2.45) is 0 Å². The van der Waals surface area contributed by atoms with Gasteiger partial charge in [-0.1, -0.05) is 40.2 Å². The highest BCUT2D eigenvalue weighted by atomic mass is 79.9. The van der Waals surface area contributed by atoms with Crippen LogP contribution >= 0.6 is 27.5 Å². The second kappa shape index (κ2) is 9.91. The Hall–Kier alpha value is -2.84. The molecule has 0 unspecified atom stereocenters. The fraction of sp³-hybridized carbons (Fsp3) is 0.105. The number of hydrogen-bond acceptors (Lipinski definition) is 4. The number of carbonyl (C=O) groups is 3. The van der Waals surface area contributed by atoms with Crippen molar-refractivity contribution in [3.05, 3.63) is 69.8 Å². The zero-order chi connectivity index (χ0) is 20.7. The standard InChI is InChI=1S/C19H18BrClN4O3/c1-11-3-6-15(10-16(11)21)23-18(27)19(28)25-24-12(2)9-17(26)22-14-7-4-13(20)5-8-14/h3-8,10,24H,2,9H2,1H3,(H,22,26)(H,23,27)(H,25,28). The average molecular weight is 466 g/mol. The van der Waals surface area contributed by atoms with E-state index in [1.54, 1.807) is 42.5 Å². The number of hydrogen-bond donors (Lipinski definition) is 4. The molecule has 9 heteroatoms. The minimum absolute atomic E-state index is 0.0917. The predicted molar refractivity (Wildman–Crippen MR) is 113 cm³/mol. The van der Waals surface area contributed by atoms with E-state index >= 15 is 0 Å². The largest absolute Gasteiger partial charge is 0.327 e. The third kappa shape index (κ3) is 6.71. The molecule has 0 aromatic heterocycles. The fourth-order valence-electron chi connectivity index (χ4n) is 2.04. The summed E-state index contributed by atoms with van der Waals surface area (Å²) in [5.74, 6) is -2.15. The summed E-state index contributed by atoms with van der Waals surface area (Å²) in [5.41, 5.74) is 6.72. The summed E-state index contributed by atoms with van der Waals surface area (Å²) in [4.78, 5) is 35.7. The summed E-state index contributed by atoms with van der Waals surface area (Å²) in [6.07, 6.45) is -0.0917. The fourth-order valence-corrected chi connectivity index (χ4v) is 2.48. The lowest BCUT2D eigenvalue weighted by Crippen LogP contribution is -2.43. The van der Waals surface area contributed by atoms with Crippen LogP contribution in [0.2, 0.25) is 5.02 Å². The lowest BCUT2D eigenvalue weighted by molar-refractivity contribution is -0.136. The van der Waals surface area contributed by atoms with Gasteiger partial charge in [-0.25, -0.2) is 0 Å². The van der Waals surface area contributed by atoms with E-state index in [4.69, 9.17) is 11.6 Å². The van der Waals surface area contributed by atoms with Gasteiger partial charge in [0.1, 0.15) is 0 Å². The van der Waals surface area contributed by atoms with E-state index in [9.17, 15) is 14.4 Å². The number of benzene rings is 2. The number of rotatable bonds is 6. The molecule has 146 valence electrons. The van der Waals surface area contributed by atoms with Crippen LogP contribution in [-0.2, 0) is 14.4 Å². The molecule has 0 saturated carbocycles. The molecule has 0 heterocycles. The summed E-state index contributed by atoms with van der Waals surface area (Å²) in [5, 5.41) is 5.58. The first-order valence-electron chi connectivity index (χ1n) is 8.11. The summed E-state index contributed by atoms with van der Waals surface area (Å²) < 4.78 is 0.894. The first kappa shape index (κ1) is 21.5. The van der Waals surface area contributed by atoms with Crippen LogP contribution in [0.5, 0.6) is 0 Å². The molecular weight excluding hydrogens is 448 g/mol. The predicted octanol–water partition coefficient (Wildman–Crippen LogP) is 3.51. The van der Waals surface area contributed by atoms with E-state index < -0.39 is 11.8 Å². The van der Waals surface area contributed by atoms with E-state index in [-0.39, 0.29) is 18.0 Å². The minimum atomic E-state index is -0.939. The first-order chi connectivity index (χ1) is 13.2. The molecule has 7 nitrogen and oxygen atoms in total. The first-order valence-corrected chi connectivity index (χ1v) is 9.28. The Morgan fingerprint density at radius 2 is 1.61 bits per heavy atom. The lowest BCUT2D eigenvalue weighted by atomic mass is 10.2. The van der Waals surface area contributed by atoms with Crippen LogP contribution in [0, 0.1) is 6.92 Å². The van der Waals surface area contributed by atoms with Crippen molar-refractivity contribution in [2.75, 3.05) is 10.6 Å². The van der Waals surface area contributed by atoms with E-state index in [0.717, 1.165) is 10.0 Å². The molecule has 0 bridgehead atoms. The molecule has 0 spiro atoms. The molecule has 0 atom stereocenters. The van der Waals surface area contributed by atoms with Crippen molar-refractivity contribution in [1.29, 1.82) is 0 Å². The van der Waals surface area contributed by atoms with Crippen molar-refractivity contribution in [2.45, 2.75) is 13.3 Å². The van der Waals surface area contributed by atoms with Gasteiger partial charge in [0.15, 0.2) is 0 Å². The molecule has 0 aliphatic heterocycles. The Morgan fingerprint density at radius 1 is 0.964 bits per heavy atom. The Morgan fingerprint density at radius 3 is 2.25 bits per heavy atom. The monoisotopic (exact) mass is 464 g/mol. The molecular formula is C19H18BrClN4O3. The number of hydrazine groups is 1. The molecule has 2 aromatic carbocycles. The minimum Gasteiger partial charge on any atom is -0.326 e. The topological polar surface area (TPSA) is 99.3 Å². The zero-order valence-corrected chi connectivity index (χ0v) is 17.3. The van der Waals surface area contributed by atoms with Crippen LogP contribution in [0.1, 0.15) is 12.0 Å². The number of halogens is 2. The number of nitrogens with one attached hydrogen (secondary N) is 4. The van der Waals surface area contributed by atoms with Gasteiger partial charge in [0.2, 0.25) is 5.91 Å². The SMILES string of the molecule is C=C(CC(=O)Nc1ccc(Br)cc1)NNC(=O)C(=O)Nc1ccc(C)c(Cl)c1. The zero-order valence-electron chi connectivity index (χ0n) is 14.9. The van der Waals surface area contributed by atoms with Crippen molar-refractivity contribution < 1.29 is 14.4 Å². The van der Waals surface area contributed by atoms with Gasteiger partial charge in [0.25, 0.3) is 0 Å². The highest BCUT2D eigenvalue weighted by Crippen LogP contribution is 2.19. The van der Waals surface area contributed by atoms with Crippen LogP contribution in [0.4, 0.5) is 11.4 Å².